The number of fused-ring (bicyclic) bond motifs is 1. The lowest BCUT2D eigenvalue weighted by Crippen LogP contribution is -2.15. The van der Waals surface area contributed by atoms with Gasteiger partial charge >= 0.3 is 5.97 Å². The molecule has 140 valence electrons. The predicted octanol–water partition coefficient (Wildman–Crippen LogP) is 4.25. The molecule has 0 atom stereocenters. The Hall–Kier alpha value is -2.80. The second kappa shape index (κ2) is 9.23. The number of nitrogens with one attached hydrogen (secondary N) is 2. The van der Waals surface area contributed by atoms with Gasteiger partial charge in [-0.25, -0.2) is 9.78 Å². The highest BCUT2D eigenvalue weighted by Crippen LogP contribution is 2.19. The first-order valence-electron chi connectivity index (χ1n) is 8.80. The number of carbonyl (C=O) groups excluding carboxylic acids is 2. The van der Waals surface area contributed by atoms with Crippen LogP contribution in [0.25, 0.3) is 11.0 Å². The highest BCUT2D eigenvalue weighted by atomic mass is 32.2. The average molecular weight is 383 g/mol. The molecule has 0 saturated carbocycles. The van der Waals surface area contributed by atoms with Crippen molar-refractivity contribution >= 4 is 40.4 Å². The summed E-state index contributed by atoms with van der Waals surface area (Å²) in [4.78, 5) is 31.8. The fraction of sp³-hybridized carbons (Fsp3) is 0.250. The lowest BCUT2D eigenvalue weighted by molar-refractivity contribution is -0.113. The van der Waals surface area contributed by atoms with Crippen LogP contribution in [0.15, 0.2) is 53.7 Å². The van der Waals surface area contributed by atoms with E-state index in [1.54, 1.807) is 24.3 Å². The van der Waals surface area contributed by atoms with Crippen molar-refractivity contribution in [3.63, 3.8) is 0 Å². The van der Waals surface area contributed by atoms with Crippen LogP contribution in [-0.4, -0.2) is 34.2 Å². The van der Waals surface area contributed by atoms with Gasteiger partial charge in [-0.3, -0.25) is 4.79 Å². The monoisotopic (exact) mass is 383 g/mol. The zero-order valence-corrected chi connectivity index (χ0v) is 15.8. The van der Waals surface area contributed by atoms with Crippen molar-refractivity contribution in [3.8, 4) is 0 Å². The zero-order chi connectivity index (χ0) is 19.1. The molecule has 7 heteroatoms. The molecule has 1 aromatic heterocycles. The van der Waals surface area contributed by atoms with Crippen LogP contribution in [0.4, 0.5) is 5.69 Å². The molecule has 3 aromatic rings. The number of anilines is 1. The van der Waals surface area contributed by atoms with E-state index >= 15 is 0 Å². The van der Waals surface area contributed by atoms with Gasteiger partial charge < -0.3 is 15.0 Å². The Morgan fingerprint density at radius 1 is 1.19 bits per heavy atom. The fourth-order valence-corrected chi connectivity index (χ4v) is 3.13. The Morgan fingerprint density at radius 3 is 2.85 bits per heavy atom. The van der Waals surface area contributed by atoms with Gasteiger partial charge in [-0.1, -0.05) is 43.3 Å². The molecule has 0 radical (unpaired) electrons. The predicted molar refractivity (Wildman–Crippen MR) is 107 cm³/mol. The van der Waals surface area contributed by atoms with Crippen LogP contribution in [0.2, 0.25) is 0 Å². The van der Waals surface area contributed by atoms with Crippen LogP contribution in [0.3, 0.4) is 0 Å². The smallest absolute Gasteiger partial charge is 0.338 e. The first-order valence-corrected chi connectivity index (χ1v) is 9.79. The van der Waals surface area contributed by atoms with E-state index in [0.717, 1.165) is 23.9 Å². The summed E-state index contributed by atoms with van der Waals surface area (Å²) in [5.41, 5.74) is 2.80. The molecule has 0 aliphatic rings. The van der Waals surface area contributed by atoms with E-state index in [0.29, 0.717) is 23.0 Å². The molecular weight excluding hydrogens is 362 g/mol. The molecule has 0 aliphatic heterocycles. The number of ether oxygens (including phenoxy) is 1. The first kappa shape index (κ1) is 19.0. The van der Waals surface area contributed by atoms with Gasteiger partial charge in [-0.15, -0.1) is 0 Å². The summed E-state index contributed by atoms with van der Waals surface area (Å²) in [6.45, 7) is 2.44. The van der Waals surface area contributed by atoms with E-state index in [9.17, 15) is 9.59 Å². The molecule has 1 amide bonds. The van der Waals surface area contributed by atoms with Crippen molar-refractivity contribution in [2.24, 2.45) is 0 Å². The molecule has 1 heterocycles. The zero-order valence-electron chi connectivity index (χ0n) is 15.0. The minimum atomic E-state index is -0.379. The van der Waals surface area contributed by atoms with Gasteiger partial charge in [0.25, 0.3) is 0 Å². The number of unbranched alkanes of at least 4 members (excludes halogenated alkanes) is 1. The second-order valence-electron chi connectivity index (χ2n) is 5.97. The third-order valence-corrected chi connectivity index (χ3v) is 4.69. The minimum Gasteiger partial charge on any atom is -0.462 e. The number of aromatic nitrogens is 2. The summed E-state index contributed by atoms with van der Waals surface area (Å²) in [5, 5.41) is 3.49. The van der Waals surface area contributed by atoms with Crippen molar-refractivity contribution in [3.05, 3.63) is 54.1 Å². The Balaban J connectivity index is 1.54. The number of para-hydroxylation sites is 2. The molecule has 2 N–H and O–H groups in total. The van der Waals surface area contributed by atoms with Crippen molar-refractivity contribution in [2.45, 2.75) is 24.9 Å². The van der Waals surface area contributed by atoms with E-state index < -0.39 is 0 Å². The number of rotatable bonds is 8. The SMILES string of the molecule is CCCCOC(=O)c1cccc(NC(=O)CSc2nc3ccccc3[nH]2)c1. The third kappa shape index (κ3) is 5.34. The van der Waals surface area contributed by atoms with Crippen LogP contribution in [-0.2, 0) is 9.53 Å². The molecule has 0 saturated heterocycles. The maximum Gasteiger partial charge on any atom is 0.338 e. The van der Waals surface area contributed by atoms with Crippen molar-refractivity contribution in [1.82, 2.24) is 9.97 Å². The number of esters is 1. The Kier molecular flexibility index (Phi) is 6.49. The highest BCUT2D eigenvalue weighted by molar-refractivity contribution is 7.99. The van der Waals surface area contributed by atoms with Gasteiger partial charge in [-0.05, 0) is 36.8 Å². The van der Waals surface area contributed by atoms with Gasteiger partial charge in [0.1, 0.15) is 0 Å². The van der Waals surface area contributed by atoms with Gasteiger partial charge in [0, 0.05) is 5.69 Å². The maximum absolute atomic E-state index is 12.2. The second-order valence-corrected chi connectivity index (χ2v) is 6.93. The number of hydrogen-bond acceptors (Lipinski definition) is 5. The van der Waals surface area contributed by atoms with E-state index in [4.69, 9.17) is 4.74 Å². The Bertz CT molecular complexity index is 906. The Morgan fingerprint density at radius 2 is 2.04 bits per heavy atom. The van der Waals surface area contributed by atoms with E-state index in [1.165, 1.54) is 11.8 Å². The van der Waals surface area contributed by atoms with Gasteiger partial charge in [-0.2, -0.15) is 0 Å². The van der Waals surface area contributed by atoms with Crippen LogP contribution < -0.4 is 5.32 Å². The topological polar surface area (TPSA) is 84.1 Å². The van der Waals surface area contributed by atoms with Crippen LogP contribution in [0.5, 0.6) is 0 Å². The fourth-order valence-electron chi connectivity index (χ4n) is 2.45. The van der Waals surface area contributed by atoms with Gasteiger partial charge in [0.15, 0.2) is 5.16 Å². The minimum absolute atomic E-state index is 0.169. The number of H-pyrrole nitrogens is 1. The summed E-state index contributed by atoms with van der Waals surface area (Å²) in [6, 6.07) is 14.5. The van der Waals surface area contributed by atoms with Crippen molar-refractivity contribution in [2.75, 3.05) is 17.7 Å². The molecule has 0 unspecified atom stereocenters. The van der Waals surface area contributed by atoms with E-state index in [1.807, 2.05) is 31.2 Å². The number of amides is 1. The largest absolute Gasteiger partial charge is 0.462 e. The number of aromatic amines is 1. The summed E-state index contributed by atoms with van der Waals surface area (Å²) in [6.07, 6.45) is 1.80. The molecule has 0 bridgehead atoms. The molecular formula is C20H21N3O3S. The Labute approximate surface area is 161 Å². The van der Waals surface area contributed by atoms with Crippen LogP contribution >= 0.6 is 11.8 Å². The van der Waals surface area contributed by atoms with Gasteiger partial charge in [0.05, 0.1) is 29.0 Å². The highest BCUT2D eigenvalue weighted by Gasteiger charge is 2.10. The first-order chi connectivity index (χ1) is 13.2. The molecule has 0 spiro atoms. The number of carbonyl (C=O) groups is 2. The van der Waals surface area contributed by atoms with Crippen molar-refractivity contribution < 1.29 is 14.3 Å². The lowest BCUT2D eigenvalue weighted by atomic mass is 10.2. The summed E-state index contributed by atoms with van der Waals surface area (Å²) < 4.78 is 5.19. The van der Waals surface area contributed by atoms with E-state index in [-0.39, 0.29) is 17.6 Å². The summed E-state index contributed by atoms with van der Waals surface area (Å²) in [5.74, 6) is -0.335. The van der Waals surface area contributed by atoms with Crippen LogP contribution in [0.1, 0.15) is 30.1 Å². The van der Waals surface area contributed by atoms with Gasteiger partial charge in [0.2, 0.25) is 5.91 Å². The van der Waals surface area contributed by atoms with Crippen molar-refractivity contribution in [1.29, 1.82) is 0 Å². The number of thioether (sulfide) groups is 1. The quantitative estimate of drug-likeness (QED) is 0.345. The average Bonchev–Trinajstić information content (AvgIpc) is 3.10. The molecule has 3 rings (SSSR count). The third-order valence-electron chi connectivity index (χ3n) is 3.82. The number of benzene rings is 2. The lowest BCUT2D eigenvalue weighted by Gasteiger charge is -2.07. The molecule has 27 heavy (non-hydrogen) atoms. The molecule has 6 nitrogen and oxygen atoms in total. The number of imidazole rings is 1. The molecule has 2 aromatic carbocycles. The standard InChI is InChI=1S/C20H21N3O3S/c1-2-3-11-26-19(25)14-7-6-8-15(12-14)21-18(24)13-27-20-22-16-9-4-5-10-17(16)23-20/h4-10,12H,2-3,11,13H2,1H3,(H,21,24)(H,22,23). The number of hydrogen-bond donors (Lipinski definition) is 2. The van der Waals surface area contributed by atoms with Crippen LogP contribution in [0, 0.1) is 0 Å². The molecule has 0 fully saturated rings. The summed E-state index contributed by atoms with van der Waals surface area (Å²) in [7, 11) is 0. The molecule has 0 aliphatic carbocycles. The number of nitrogens with zero attached hydrogens (tertiary/aromatic N) is 1. The van der Waals surface area contributed by atoms with E-state index in [2.05, 4.69) is 15.3 Å². The maximum atomic E-state index is 12.2. The summed E-state index contributed by atoms with van der Waals surface area (Å²) >= 11 is 1.33. The normalized spacial score (nSPS) is 10.7.